The second-order valence-corrected chi connectivity index (χ2v) is 14.0. The average molecular weight is 742 g/mol. The Kier molecular flexibility index (Phi) is 11.9. The highest BCUT2D eigenvalue weighted by molar-refractivity contribution is 6.42. The minimum absolute atomic E-state index is 0.0191. The lowest BCUT2D eigenvalue weighted by atomic mass is 9.89. The quantitative estimate of drug-likeness (QED) is 0.139. The van der Waals surface area contributed by atoms with Gasteiger partial charge in [-0.3, -0.25) is 14.5 Å². The summed E-state index contributed by atoms with van der Waals surface area (Å²) in [4.78, 5) is 32.2. The minimum atomic E-state index is -0.436. The van der Waals surface area contributed by atoms with Crippen LogP contribution in [0.2, 0.25) is 20.1 Å². The van der Waals surface area contributed by atoms with Crippen molar-refractivity contribution in [1.29, 1.82) is 0 Å². The molecule has 2 atom stereocenters. The second-order valence-electron chi connectivity index (χ2n) is 12.4. The molecule has 4 aromatic rings. The van der Waals surface area contributed by atoms with Gasteiger partial charge >= 0.3 is 0 Å². The van der Waals surface area contributed by atoms with Gasteiger partial charge in [0.2, 0.25) is 5.91 Å². The molecule has 4 aromatic carbocycles. The van der Waals surface area contributed by atoms with Gasteiger partial charge in [0.05, 0.1) is 26.0 Å². The van der Waals surface area contributed by atoms with Crippen LogP contribution in [0.15, 0.2) is 91.0 Å². The van der Waals surface area contributed by atoms with Crippen molar-refractivity contribution in [3.05, 3.63) is 128 Å². The number of halogens is 4. The van der Waals surface area contributed by atoms with Crippen LogP contribution in [-0.4, -0.2) is 60.0 Å². The number of nitrogens with zero attached hydrogens (tertiary/aromatic N) is 2. The van der Waals surface area contributed by atoms with Crippen LogP contribution in [-0.2, 0) is 17.9 Å². The van der Waals surface area contributed by atoms with E-state index in [1.165, 1.54) is 5.56 Å². The maximum Gasteiger partial charge on any atom is 0.251 e. The summed E-state index contributed by atoms with van der Waals surface area (Å²) in [5.41, 5.74) is 2.48. The number of rotatable bonds is 13. The number of para-hydroxylation sites is 1. The molecule has 1 N–H and O–H groups in total. The number of benzene rings is 4. The Morgan fingerprint density at radius 3 is 2.16 bits per heavy atom. The molecule has 0 spiro atoms. The first-order chi connectivity index (χ1) is 23.8. The Morgan fingerprint density at radius 2 is 1.45 bits per heavy atom. The lowest BCUT2D eigenvalue weighted by Crippen LogP contribution is -2.56. The highest BCUT2D eigenvalue weighted by atomic mass is 35.5. The zero-order chi connectivity index (χ0) is 34.3. The number of ether oxygens (including phenoxy) is 2. The SMILES string of the molecule is O=C(NC1CCN(Cc2ccccc2)CC1C(=O)N(Cc1cccc(Cl)c1Cl)C1CC1)c1ccc(OCCOc2c(Cl)cccc2Cl)cc1. The van der Waals surface area contributed by atoms with Gasteiger partial charge in [0.15, 0.2) is 5.75 Å². The monoisotopic (exact) mass is 739 g/mol. The van der Waals surface area contributed by atoms with E-state index >= 15 is 0 Å². The van der Waals surface area contributed by atoms with Gasteiger partial charge in [0, 0.05) is 43.8 Å². The Bertz CT molecular complexity index is 1730. The molecule has 1 heterocycles. The molecule has 6 rings (SSSR count). The third-order valence-corrected chi connectivity index (χ3v) is 10.3. The van der Waals surface area contributed by atoms with Crippen LogP contribution in [0, 0.1) is 5.92 Å². The normalized spacial score (nSPS) is 17.7. The summed E-state index contributed by atoms with van der Waals surface area (Å²) < 4.78 is 11.5. The van der Waals surface area contributed by atoms with Crippen molar-refractivity contribution in [2.45, 2.75) is 44.4 Å². The van der Waals surface area contributed by atoms with E-state index in [1.54, 1.807) is 48.5 Å². The van der Waals surface area contributed by atoms with Crippen LogP contribution in [0.25, 0.3) is 0 Å². The third-order valence-electron chi connectivity index (χ3n) is 8.86. The second kappa shape index (κ2) is 16.5. The first-order valence-corrected chi connectivity index (χ1v) is 17.9. The standard InChI is InChI=1S/C38H37Cl4N3O4/c39-31-9-4-8-27(35(31)42)23-45(28-14-15-28)38(47)30-24-44(22-25-6-2-1-3-7-25)19-18-34(30)43-37(46)26-12-16-29(17-13-26)48-20-21-49-36-32(40)10-5-11-33(36)41/h1-13,16-17,28,30,34H,14-15,18-24H2,(H,43,46). The molecule has 1 aliphatic heterocycles. The highest BCUT2D eigenvalue weighted by Crippen LogP contribution is 2.35. The van der Waals surface area contributed by atoms with Gasteiger partial charge in [-0.15, -0.1) is 0 Å². The van der Waals surface area contributed by atoms with Crippen molar-refractivity contribution in [2.24, 2.45) is 5.92 Å². The number of hydrogen-bond acceptors (Lipinski definition) is 5. The molecule has 1 aliphatic carbocycles. The number of likely N-dealkylation sites (tertiary alicyclic amines) is 1. The molecule has 1 saturated heterocycles. The molecule has 2 unspecified atom stereocenters. The summed E-state index contributed by atoms with van der Waals surface area (Å²) in [5.74, 6) is 0.350. The minimum Gasteiger partial charge on any atom is -0.490 e. The predicted molar refractivity (Wildman–Crippen MR) is 195 cm³/mol. The molecule has 256 valence electrons. The summed E-state index contributed by atoms with van der Waals surface area (Å²) >= 11 is 25.2. The summed E-state index contributed by atoms with van der Waals surface area (Å²) in [7, 11) is 0. The lowest BCUT2D eigenvalue weighted by Gasteiger charge is -2.40. The van der Waals surface area contributed by atoms with Crippen molar-refractivity contribution in [2.75, 3.05) is 26.3 Å². The van der Waals surface area contributed by atoms with Crippen molar-refractivity contribution < 1.29 is 19.1 Å². The zero-order valence-electron chi connectivity index (χ0n) is 26.8. The van der Waals surface area contributed by atoms with Gasteiger partial charge in [0.1, 0.15) is 19.0 Å². The van der Waals surface area contributed by atoms with Crippen LogP contribution in [0.5, 0.6) is 11.5 Å². The van der Waals surface area contributed by atoms with E-state index in [4.69, 9.17) is 55.9 Å². The molecular formula is C38H37Cl4N3O4. The third kappa shape index (κ3) is 9.21. The summed E-state index contributed by atoms with van der Waals surface area (Å²) in [6.45, 7) is 2.88. The van der Waals surface area contributed by atoms with Crippen LogP contribution in [0.4, 0.5) is 0 Å². The predicted octanol–water partition coefficient (Wildman–Crippen LogP) is 8.57. The Balaban J connectivity index is 1.12. The Hall–Kier alpha value is -3.46. The smallest absolute Gasteiger partial charge is 0.251 e. The first kappa shape index (κ1) is 35.4. The van der Waals surface area contributed by atoms with E-state index in [1.807, 2.05) is 35.2 Å². The number of nitrogens with one attached hydrogen (secondary N) is 1. The maximum atomic E-state index is 14.4. The van der Waals surface area contributed by atoms with Crippen LogP contribution in [0.3, 0.4) is 0 Å². The van der Waals surface area contributed by atoms with E-state index in [-0.39, 0.29) is 37.1 Å². The molecular weight excluding hydrogens is 704 g/mol. The van der Waals surface area contributed by atoms with Crippen LogP contribution >= 0.6 is 46.4 Å². The van der Waals surface area contributed by atoms with Crippen LogP contribution in [0.1, 0.15) is 40.7 Å². The van der Waals surface area contributed by atoms with Gasteiger partial charge < -0.3 is 19.7 Å². The maximum absolute atomic E-state index is 14.4. The lowest BCUT2D eigenvalue weighted by molar-refractivity contribution is -0.139. The highest BCUT2D eigenvalue weighted by Gasteiger charge is 2.42. The summed E-state index contributed by atoms with van der Waals surface area (Å²) in [6, 6.07) is 27.6. The molecule has 11 heteroatoms. The number of carbonyl (C=O) groups excluding carboxylic acids is 2. The van der Waals surface area contributed by atoms with E-state index in [0.717, 1.165) is 31.5 Å². The van der Waals surface area contributed by atoms with Crippen LogP contribution < -0.4 is 14.8 Å². The van der Waals surface area contributed by atoms with Gasteiger partial charge in [-0.05, 0) is 72.9 Å². The first-order valence-electron chi connectivity index (χ1n) is 16.4. The van der Waals surface area contributed by atoms with E-state index < -0.39 is 5.92 Å². The van der Waals surface area contributed by atoms with Gasteiger partial charge in [-0.25, -0.2) is 0 Å². The topological polar surface area (TPSA) is 71.1 Å². The summed E-state index contributed by atoms with van der Waals surface area (Å²) in [5, 5.41) is 4.99. The largest absolute Gasteiger partial charge is 0.490 e. The van der Waals surface area contributed by atoms with Crippen molar-refractivity contribution in [3.8, 4) is 11.5 Å². The van der Waals surface area contributed by atoms with Gasteiger partial charge in [-0.1, -0.05) is 94.9 Å². The fraction of sp³-hybridized carbons (Fsp3) is 0.316. The number of hydrogen-bond donors (Lipinski definition) is 1. The average Bonchev–Trinajstić information content (AvgIpc) is 3.95. The van der Waals surface area contributed by atoms with E-state index in [0.29, 0.717) is 56.7 Å². The molecule has 2 aliphatic rings. The Morgan fingerprint density at radius 1 is 0.776 bits per heavy atom. The molecule has 49 heavy (non-hydrogen) atoms. The summed E-state index contributed by atoms with van der Waals surface area (Å²) in [6.07, 6.45) is 2.52. The molecule has 0 bridgehead atoms. The number of piperidine rings is 1. The molecule has 2 fully saturated rings. The molecule has 2 amide bonds. The van der Waals surface area contributed by atoms with Gasteiger partial charge in [-0.2, -0.15) is 0 Å². The number of carbonyl (C=O) groups is 2. The zero-order valence-corrected chi connectivity index (χ0v) is 29.8. The molecule has 0 radical (unpaired) electrons. The fourth-order valence-electron chi connectivity index (χ4n) is 6.15. The molecule has 7 nitrogen and oxygen atoms in total. The van der Waals surface area contributed by atoms with Crippen molar-refractivity contribution in [1.82, 2.24) is 15.1 Å². The van der Waals surface area contributed by atoms with Gasteiger partial charge in [0.25, 0.3) is 5.91 Å². The van der Waals surface area contributed by atoms with E-state index in [9.17, 15) is 9.59 Å². The molecule has 1 saturated carbocycles. The number of amides is 2. The fourth-order valence-corrected chi connectivity index (χ4v) is 7.03. The Labute approximate surface area is 307 Å². The van der Waals surface area contributed by atoms with Crippen molar-refractivity contribution in [3.63, 3.8) is 0 Å². The van der Waals surface area contributed by atoms with Crippen molar-refractivity contribution >= 4 is 58.2 Å². The van der Waals surface area contributed by atoms with E-state index in [2.05, 4.69) is 22.3 Å². The molecule has 0 aromatic heterocycles.